The van der Waals surface area contributed by atoms with Crippen LogP contribution in [0, 0.1) is 0 Å². The molecule has 26 heavy (non-hydrogen) atoms. The van der Waals surface area contributed by atoms with Crippen molar-refractivity contribution in [2.45, 2.75) is 6.18 Å². The summed E-state index contributed by atoms with van der Waals surface area (Å²) in [5.74, 6) is -0.380. The minimum Gasteiger partial charge on any atom is -0.468 e. The van der Waals surface area contributed by atoms with E-state index in [1.54, 1.807) is 0 Å². The Kier molecular flexibility index (Phi) is 6.92. The molecule has 1 aliphatic heterocycles. The van der Waals surface area contributed by atoms with Crippen LogP contribution in [-0.4, -0.2) is 61.8 Å². The van der Waals surface area contributed by atoms with E-state index in [0.717, 1.165) is 12.1 Å². The fourth-order valence-corrected chi connectivity index (χ4v) is 2.45. The maximum Gasteiger partial charge on any atom is 0.416 e. The van der Waals surface area contributed by atoms with Gasteiger partial charge in [0.25, 0.3) is 0 Å². The van der Waals surface area contributed by atoms with Crippen LogP contribution in [0.1, 0.15) is 11.1 Å². The molecule has 1 aromatic carbocycles. The third-order valence-electron chi connectivity index (χ3n) is 3.60. The van der Waals surface area contributed by atoms with Crippen molar-refractivity contribution in [3.8, 4) is 0 Å². The van der Waals surface area contributed by atoms with Gasteiger partial charge in [-0.05, 0) is 24.4 Å². The van der Waals surface area contributed by atoms with E-state index in [9.17, 15) is 18.0 Å². The normalized spacial score (nSPS) is 15.5. The number of nitrogens with zero attached hydrogens (tertiary/aromatic N) is 2. The Bertz CT molecular complexity index is 672. The number of rotatable bonds is 3. The van der Waals surface area contributed by atoms with Crippen LogP contribution in [0.2, 0.25) is 0 Å². The Balaban J connectivity index is 2.20. The Morgan fingerprint density at radius 3 is 2.46 bits per heavy atom. The molecule has 1 N–H and O–H groups in total. The molecule has 0 unspecified atom stereocenters. The molecule has 1 saturated heterocycles. The van der Waals surface area contributed by atoms with E-state index in [2.05, 4.69) is 15.0 Å². The summed E-state index contributed by atoms with van der Waals surface area (Å²) in [5, 5.41) is 3.26. The zero-order valence-corrected chi connectivity index (χ0v) is 14.8. The maximum atomic E-state index is 12.7. The number of halogens is 3. The SMILES string of the molecule is COC(=O)CN=C(NC(=S)N1CCOCC1)c1ccc(C(F)(F)F)cc1. The van der Waals surface area contributed by atoms with Crippen molar-refractivity contribution in [2.24, 2.45) is 4.99 Å². The first-order chi connectivity index (χ1) is 12.3. The lowest BCUT2D eigenvalue weighted by atomic mass is 10.1. The Labute approximate surface area is 154 Å². The van der Waals surface area contributed by atoms with Gasteiger partial charge in [-0.2, -0.15) is 13.2 Å². The summed E-state index contributed by atoms with van der Waals surface area (Å²) in [6, 6.07) is 4.44. The van der Waals surface area contributed by atoms with Crippen molar-refractivity contribution < 1.29 is 27.4 Å². The lowest BCUT2D eigenvalue weighted by Gasteiger charge is -2.29. The summed E-state index contributed by atoms with van der Waals surface area (Å²) < 4.78 is 48.0. The van der Waals surface area contributed by atoms with Gasteiger partial charge in [-0.3, -0.25) is 9.79 Å². The molecule has 10 heteroatoms. The van der Waals surface area contributed by atoms with E-state index >= 15 is 0 Å². The molecular weight excluding hydrogens is 371 g/mol. The van der Waals surface area contributed by atoms with Crippen LogP contribution in [0.3, 0.4) is 0 Å². The monoisotopic (exact) mass is 389 g/mol. The summed E-state index contributed by atoms with van der Waals surface area (Å²) in [6.45, 7) is 1.94. The molecule has 1 fully saturated rings. The number of carbonyl (C=O) groups is 1. The Morgan fingerprint density at radius 1 is 1.31 bits per heavy atom. The van der Waals surface area contributed by atoms with Gasteiger partial charge in [0, 0.05) is 18.7 Å². The van der Waals surface area contributed by atoms with Gasteiger partial charge < -0.3 is 19.7 Å². The van der Waals surface area contributed by atoms with E-state index in [1.807, 2.05) is 4.90 Å². The third kappa shape index (κ3) is 5.67. The van der Waals surface area contributed by atoms with Gasteiger partial charge in [0.2, 0.25) is 0 Å². The van der Waals surface area contributed by atoms with E-state index in [4.69, 9.17) is 17.0 Å². The molecule has 0 atom stereocenters. The summed E-state index contributed by atoms with van der Waals surface area (Å²) >= 11 is 5.33. The largest absolute Gasteiger partial charge is 0.468 e. The van der Waals surface area contributed by atoms with E-state index in [0.29, 0.717) is 37.0 Å². The number of hydrogen-bond donors (Lipinski definition) is 1. The van der Waals surface area contributed by atoms with Crippen LogP contribution in [0.15, 0.2) is 29.3 Å². The van der Waals surface area contributed by atoms with Crippen LogP contribution < -0.4 is 5.32 Å². The fraction of sp³-hybridized carbons (Fsp3) is 0.438. The van der Waals surface area contributed by atoms with E-state index in [-0.39, 0.29) is 12.4 Å². The molecule has 0 aliphatic carbocycles. The van der Waals surface area contributed by atoms with Crippen molar-refractivity contribution >= 4 is 29.1 Å². The van der Waals surface area contributed by atoms with Gasteiger partial charge in [0.1, 0.15) is 12.4 Å². The molecule has 142 valence electrons. The van der Waals surface area contributed by atoms with Crippen LogP contribution in [0.25, 0.3) is 0 Å². The highest BCUT2D eigenvalue weighted by Crippen LogP contribution is 2.29. The van der Waals surface area contributed by atoms with Crippen molar-refractivity contribution in [3.63, 3.8) is 0 Å². The van der Waals surface area contributed by atoms with Crippen LogP contribution in [-0.2, 0) is 20.4 Å². The van der Waals surface area contributed by atoms with E-state index < -0.39 is 17.7 Å². The van der Waals surface area contributed by atoms with E-state index in [1.165, 1.54) is 19.2 Å². The number of amidine groups is 1. The number of methoxy groups -OCH3 is 1. The summed E-state index contributed by atoms with van der Waals surface area (Å²) in [5.41, 5.74) is -0.401. The highest BCUT2D eigenvalue weighted by molar-refractivity contribution is 7.80. The highest BCUT2D eigenvalue weighted by Gasteiger charge is 2.30. The number of nitrogens with one attached hydrogen (secondary N) is 1. The molecule has 1 aliphatic rings. The summed E-state index contributed by atoms with van der Waals surface area (Å²) in [4.78, 5) is 17.3. The zero-order valence-electron chi connectivity index (χ0n) is 14.0. The van der Waals surface area contributed by atoms with Crippen LogP contribution in [0.5, 0.6) is 0 Å². The lowest BCUT2D eigenvalue weighted by molar-refractivity contribution is -0.139. The lowest BCUT2D eigenvalue weighted by Crippen LogP contribution is -2.48. The number of ether oxygens (including phenoxy) is 2. The van der Waals surface area contributed by atoms with Crippen LogP contribution in [0.4, 0.5) is 13.2 Å². The minimum absolute atomic E-state index is 0.195. The van der Waals surface area contributed by atoms with Crippen LogP contribution >= 0.6 is 12.2 Å². The first-order valence-electron chi connectivity index (χ1n) is 7.74. The van der Waals surface area contributed by atoms with Gasteiger partial charge in [-0.1, -0.05) is 12.1 Å². The zero-order chi connectivity index (χ0) is 19.2. The molecule has 0 radical (unpaired) electrons. The van der Waals surface area contributed by atoms with Gasteiger partial charge in [-0.15, -0.1) is 0 Å². The topological polar surface area (TPSA) is 63.2 Å². The molecule has 0 aromatic heterocycles. The number of alkyl halides is 3. The Morgan fingerprint density at radius 2 is 1.92 bits per heavy atom. The van der Waals surface area contributed by atoms with Crippen molar-refractivity contribution in [3.05, 3.63) is 35.4 Å². The third-order valence-corrected chi connectivity index (χ3v) is 3.96. The van der Waals surface area contributed by atoms with Crippen molar-refractivity contribution in [2.75, 3.05) is 40.0 Å². The first-order valence-corrected chi connectivity index (χ1v) is 8.14. The molecular formula is C16H18F3N3O3S. The van der Waals surface area contributed by atoms with Gasteiger partial charge >= 0.3 is 12.1 Å². The summed E-state index contributed by atoms with van der Waals surface area (Å²) in [6.07, 6.45) is -4.43. The number of esters is 1. The smallest absolute Gasteiger partial charge is 0.416 e. The Hall–Kier alpha value is -2.20. The molecule has 6 nitrogen and oxygen atoms in total. The minimum atomic E-state index is -4.43. The van der Waals surface area contributed by atoms with Gasteiger partial charge in [0.15, 0.2) is 5.11 Å². The van der Waals surface area contributed by atoms with Gasteiger partial charge in [-0.25, -0.2) is 0 Å². The molecule has 0 bridgehead atoms. The number of morpholine rings is 1. The molecule has 1 heterocycles. The molecule has 0 saturated carbocycles. The predicted molar refractivity (Wildman–Crippen MR) is 93.0 cm³/mol. The second-order valence-electron chi connectivity index (χ2n) is 5.35. The van der Waals surface area contributed by atoms with Crippen molar-refractivity contribution in [1.29, 1.82) is 0 Å². The highest BCUT2D eigenvalue weighted by atomic mass is 32.1. The average Bonchev–Trinajstić information content (AvgIpc) is 2.64. The standard InChI is InChI=1S/C16H18F3N3O3S/c1-24-13(23)10-20-14(21-15(26)22-6-8-25-9-7-22)11-2-4-12(5-3-11)16(17,18)19/h2-5H,6-10H2,1H3,(H,20,21,26). The first kappa shape index (κ1) is 20.1. The van der Waals surface area contributed by atoms with Crippen molar-refractivity contribution in [1.82, 2.24) is 10.2 Å². The molecule has 1 aromatic rings. The number of carbonyl (C=O) groups excluding carboxylic acids is 1. The number of aliphatic imine (C=N–C) groups is 1. The maximum absolute atomic E-state index is 12.7. The summed E-state index contributed by atoms with van der Waals surface area (Å²) in [7, 11) is 1.22. The average molecular weight is 389 g/mol. The predicted octanol–water partition coefficient (Wildman–Crippen LogP) is 1.83. The molecule has 0 spiro atoms. The number of benzene rings is 1. The molecule has 2 rings (SSSR count). The fourth-order valence-electron chi connectivity index (χ4n) is 2.18. The second kappa shape index (κ2) is 8.95. The second-order valence-corrected chi connectivity index (χ2v) is 5.73. The number of hydrogen-bond acceptors (Lipinski definition) is 5. The quantitative estimate of drug-likeness (QED) is 0.368. The number of thiocarbonyl (C=S) groups is 1. The van der Waals surface area contributed by atoms with Gasteiger partial charge in [0.05, 0.1) is 25.9 Å². The molecule has 0 amide bonds.